The van der Waals surface area contributed by atoms with Crippen molar-refractivity contribution in [1.29, 1.82) is 0 Å². The molecule has 0 N–H and O–H groups in total. The van der Waals surface area contributed by atoms with E-state index in [1.165, 1.54) is 11.3 Å². The highest BCUT2D eigenvalue weighted by molar-refractivity contribution is 7.12. The van der Waals surface area contributed by atoms with Gasteiger partial charge in [0.15, 0.2) is 5.70 Å². The van der Waals surface area contributed by atoms with Gasteiger partial charge >= 0.3 is 5.97 Å². The maximum Gasteiger partial charge on any atom is 0.364 e. The van der Waals surface area contributed by atoms with Gasteiger partial charge in [-0.05, 0) is 47.9 Å². The van der Waals surface area contributed by atoms with Crippen molar-refractivity contribution in [2.75, 3.05) is 7.11 Å². The van der Waals surface area contributed by atoms with E-state index in [1.54, 1.807) is 7.11 Å². The van der Waals surface area contributed by atoms with Crippen LogP contribution in [0.25, 0.3) is 11.3 Å². The summed E-state index contributed by atoms with van der Waals surface area (Å²) >= 11 is 1.47. The molecule has 3 aromatic rings. The van der Waals surface area contributed by atoms with Crippen LogP contribution < -0.4 is 9.47 Å². The van der Waals surface area contributed by atoms with Crippen LogP contribution in [0.5, 0.6) is 11.5 Å². The lowest BCUT2D eigenvalue weighted by Gasteiger charge is -2.20. The molecule has 0 saturated carbocycles. The van der Waals surface area contributed by atoms with Crippen LogP contribution in [-0.2, 0) is 9.53 Å². The Morgan fingerprint density at radius 1 is 0.966 bits per heavy atom. The first-order valence-corrected chi connectivity index (χ1v) is 9.83. The summed E-state index contributed by atoms with van der Waals surface area (Å²) in [6.07, 6.45) is 1.83. The number of carbonyl (C=O) groups is 1. The first kappa shape index (κ1) is 17.5. The summed E-state index contributed by atoms with van der Waals surface area (Å²) in [5.74, 6) is 1.91. The molecule has 0 bridgehead atoms. The van der Waals surface area contributed by atoms with Gasteiger partial charge in [-0.3, -0.25) is 0 Å². The van der Waals surface area contributed by atoms with Crippen molar-refractivity contribution in [3.8, 4) is 11.5 Å². The summed E-state index contributed by atoms with van der Waals surface area (Å²) in [5.41, 5.74) is 2.62. The Morgan fingerprint density at radius 3 is 2.55 bits per heavy atom. The van der Waals surface area contributed by atoms with Crippen LogP contribution >= 0.6 is 11.3 Å². The molecule has 5 rings (SSSR count). The van der Waals surface area contributed by atoms with E-state index in [1.807, 2.05) is 72.1 Å². The predicted octanol–water partition coefficient (Wildman–Crippen LogP) is 4.90. The van der Waals surface area contributed by atoms with Crippen LogP contribution in [0.4, 0.5) is 0 Å². The number of ether oxygens (including phenoxy) is 3. The first-order valence-electron chi connectivity index (χ1n) is 8.95. The van der Waals surface area contributed by atoms with Gasteiger partial charge in [-0.2, -0.15) is 0 Å². The van der Waals surface area contributed by atoms with Crippen molar-refractivity contribution in [1.82, 2.24) is 0 Å². The van der Waals surface area contributed by atoms with Gasteiger partial charge in [-0.1, -0.05) is 24.3 Å². The molecule has 0 fully saturated rings. The Kier molecular flexibility index (Phi) is 4.26. The summed E-state index contributed by atoms with van der Waals surface area (Å²) < 4.78 is 16.8. The molecule has 0 unspecified atom stereocenters. The molecule has 0 saturated heterocycles. The van der Waals surface area contributed by atoms with E-state index in [9.17, 15) is 4.79 Å². The lowest BCUT2D eigenvalue weighted by Crippen LogP contribution is -2.08. The number of aliphatic imine (C=N–C) groups is 1. The van der Waals surface area contributed by atoms with E-state index in [0.29, 0.717) is 23.0 Å². The molecular weight excluding hydrogens is 386 g/mol. The van der Waals surface area contributed by atoms with Gasteiger partial charge in [-0.15, -0.1) is 11.3 Å². The van der Waals surface area contributed by atoms with E-state index in [4.69, 9.17) is 14.2 Å². The van der Waals surface area contributed by atoms with Crippen LogP contribution in [0.2, 0.25) is 0 Å². The number of rotatable bonds is 3. The Morgan fingerprint density at radius 2 is 1.79 bits per heavy atom. The molecule has 2 aromatic carbocycles. The van der Waals surface area contributed by atoms with Crippen LogP contribution in [0, 0.1) is 0 Å². The number of para-hydroxylation sites is 1. The van der Waals surface area contributed by atoms with Gasteiger partial charge in [0.05, 0.1) is 12.0 Å². The second kappa shape index (κ2) is 7.07. The molecule has 6 heteroatoms. The van der Waals surface area contributed by atoms with Crippen molar-refractivity contribution >= 4 is 34.5 Å². The molecular formula is C23H15NO4S. The summed E-state index contributed by atoms with van der Waals surface area (Å²) in [5, 5.41) is 1.92. The van der Waals surface area contributed by atoms with E-state index in [-0.39, 0.29) is 5.70 Å². The smallest absolute Gasteiger partial charge is 0.364 e. The molecule has 5 nitrogen and oxygen atoms in total. The quantitative estimate of drug-likeness (QED) is 0.462. The average molecular weight is 401 g/mol. The summed E-state index contributed by atoms with van der Waals surface area (Å²) in [6.45, 7) is 0. The zero-order chi connectivity index (χ0) is 19.8. The highest BCUT2D eigenvalue weighted by Crippen LogP contribution is 2.40. The van der Waals surface area contributed by atoms with Crippen molar-refractivity contribution in [2.45, 2.75) is 0 Å². The number of nitrogens with zero attached hydrogens (tertiary/aromatic N) is 1. The molecule has 0 amide bonds. The SMILES string of the molecule is COc1ccc(C2=C/C(=C3/N=C(c4cccs4)OC3=O)c3ccccc3O2)cc1. The fourth-order valence-corrected chi connectivity index (χ4v) is 3.86. The lowest BCUT2D eigenvalue weighted by molar-refractivity contribution is -0.129. The normalized spacial score (nSPS) is 17.8. The minimum atomic E-state index is -0.467. The number of hydrogen-bond acceptors (Lipinski definition) is 6. The summed E-state index contributed by atoms with van der Waals surface area (Å²) in [6, 6.07) is 18.9. The Labute approximate surface area is 171 Å². The minimum absolute atomic E-state index is 0.273. The van der Waals surface area contributed by atoms with Gasteiger partial charge in [0.25, 0.3) is 0 Å². The number of cyclic esters (lactones) is 1. The largest absolute Gasteiger partial charge is 0.497 e. The standard InChI is InChI=1S/C23H15NO4S/c1-26-15-10-8-14(9-11-15)19-13-17(16-5-2-3-6-18(16)27-19)21-23(25)28-22(24-21)20-7-4-12-29-20/h2-13H,1H3/b21-17-. The first-order chi connectivity index (χ1) is 14.2. The number of fused-ring (bicyclic) bond motifs is 1. The van der Waals surface area contributed by atoms with E-state index in [2.05, 4.69) is 4.99 Å². The number of esters is 1. The van der Waals surface area contributed by atoms with Gasteiger partial charge in [0.1, 0.15) is 17.3 Å². The van der Waals surface area contributed by atoms with Crippen molar-refractivity contribution in [3.63, 3.8) is 0 Å². The molecule has 1 aromatic heterocycles. The third-order valence-electron chi connectivity index (χ3n) is 4.63. The zero-order valence-corrected chi connectivity index (χ0v) is 16.2. The zero-order valence-electron chi connectivity index (χ0n) is 15.4. The molecule has 0 aliphatic carbocycles. The predicted molar refractivity (Wildman–Crippen MR) is 112 cm³/mol. The Bertz CT molecular complexity index is 1190. The third kappa shape index (κ3) is 3.13. The maximum atomic E-state index is 12.6. The minimum Gasteiger partial charge on any atom is -0.497 e. The van der Waals surface area contributed by atoms with Crippen molar-refractivity contribution in [3.05, 3.63) is 93.8 Å². The Hall–Kier alpha value is -3.64. The van der Waals surface area contributed by atoms with Gasteiger partial charge in [-0.25, -0.2) is 9.79 Å². The van der Waals surface area contributed by atoms with Crippen molar-refractivity contribution in [2.24, 2.45) is 4.99 Å². The molecule has 0 atom stereocenters. The monoisotopic (exact) mass is 401 g/mol. The molecule has 2 aliphatic heterocycles. The van der Waals surface area contributed by atoms with Gasteiger partial charge in [0, 0.05) is 16.7 Å². The second-order valence-corrected chi connectivity index (χ2v) is 7.33. The number of benzene rings is 2. The number of allylic oxidation sites excluding steroid dienone is 2. The topological polar surface area (TPSA) is 57.1 Å². The highest BCUT2D eigenvalue weighted by atomic mass is 32.1. The number of hydrogen-bond donors (Lipinski definition) is 0. The average Bonchev–Trinajstić information content (AvgIpc) is 3.43. The Balaban J connectivity index is 1.66. The molecule has 0 spiro atoms. The van der Waals surface area contributed by atoms with Gasteiger partial charge in [0.2, 0.25) is 5.90 Å². The highest BCUT2D eigenvalue weighted by Gasteiger charge is 2.30. The van der Waals surface area contributed by atoms with Crippen molar-refractivity contribution < 1.29 is 19.0 Å². The van der Waals surface area contributed by atoms with E-state index >= 15 is 0 Å². The summed E-state index contributed by atoms with van der Waals surface area (Å²) in [4.78, 5) is 18.0. The lowest BCUT2D eigenvalue weighted by atomic mass is 9.97. The number of methoxy groups -OCH3 is 1. The van der Waals surface area contributed by atoms with Gasteiger partial charge < -0.3 is 14.2 Å². The number of thiophene rings is 1. The maximum absolute atomic E-state index is 12.6. The summed E-state index contributed by atoms with van der Waals surface area (Å²) in [7, 11) is 1.62. The molecule has 2 aliphatic rings. The molecule has 3 heterocycles. The second-order valence-electron chi connectivity index (χ2n) is 6.38. The molecule has 0 radical (unpaired) electrons. The van der Waals surface area contributed by atoms with Crippen LogP contribution in [0.1, 0.15) is 16.0 Å². The van der Waals surface area contributed by atoms with Crippen LogP contribution in [0.3, 0.4) is 0 Å². The fraction of sp³-hybridized carbons (Fsp3) is 0.0435. The molecule has 29 heavy (non-hydrogen) atoms. The van der Waals surface area contributed by atoms with Crippen LogP contribution in [-0.4, -0.2) is 19.0 Å². The van der Waals surface area contributed by atoms with E-state index < -0.39 is 5.97 Å². The van der Waals surface area contributed by atoms with E-state index in [0.717, 1.165) is 21.8 Å². The number of carbonyl (C=O) groups excluding carboxylic acids is 1. The fourth-order valence-electron chi connectivity index (χ4n) is 3.21. The van der Waals surface area contributed by atoms with Crippen LogP contribution in [0.15, 0.2) is 82.8 Å². The third-order valence-corrected chi connectivity index (χ3v) is 5.49. The molecule has 142 valence electrons.